The summed E-state index contributed by atoms with van der Waals surface area (Å²) in [5.41, 5.74) is 0.826. The van der Waals surface area contributed by atoms with E-state index in [1.165, 1.54) is 0 Å². The maximum absolute atomic E-state index is 9.28. The van der Waals surface area contributed by atoms with Crippen LogP contribution in [0.5, 0.6) is 11.5 Å². The highest BCUT2D eigenvalue weighted by atomic mass is 16.5. The maximum atomic E-state index is 9.28. The molecule has 0 aliphatic carbocycles. The Morgan fingerprint density at radius 1 is 1.33 bits per heavy atom. The van der Waals surface area contributed by atoms with E-state index in [9.17, 15) is 5.11 Å². The number of aliphatic hydroxyl groups is 1. The summed E-state index contributed by atoms with van der Waals surface area (Å²) in [6.45, 7) is 4.58. The van der Waals surface area contributed by atoms with E-state index in [0.717, 1.165) is 23.5 Å². The predicted molar refractivity (Wildman–Crippen MR) is 72.4 cm³/mol. The number of hydrogen-bond acceptors (Lipinski definition) is 4. The summed E-state index contributed by atoms with van der Waals surface area (Å²) in [6, 6.07) is 5.84. The zero-order valence-corrected chi connectivity index (χ0v) is 11.6. The van der Waals surface area contributed by atoms with Crippen molar-refractivity contribution in [3.05, 3.63) is 23.8 Å². The van der Waals surface area contributed by atoms with Gasteiger partial charge in [-0.15, -0.1) is 0 Å². The van der Waals surface area contributed by atoms with Gasteiger partial charge in [0.25, 0.3) is 0 Å². The van der Waals surface area contributed by atoms with E-state index in [1.54, 1.807) is 7.11 Å². The summed E-state index contributed by atoms with van der Waals surface area (Å²) < 4.78 is 11.0. The first-order valence-electron chi connectivity index (χ1n) is 6.12. The van der Waals surface area contributed by atoms with Crippen LogP contribution >= 0.6 is 0 Å². The average molecular weight is 253 g/mol. The van der Waals surface area contributed by atoms with Crippen molar-refractivity contribution in [2.75, 3.05) is 27.4 Å². The van der Waals surface area contributed by atoms with Crippen LogP contribution in [-0.4, -0.2) is 38.0 Å². The summed E-state index contributed by atoms with van der Waals surface area (Å²) in [6.07, 6.45) is 0.719. The summed E-state index contributed by atoms with van der Waals surface area (Å²) in [5.74, 6) is 1.48. The molecule has 1 unspecified atom stereocenters. The molecule has 1 aromatic rings. The van der Waals surface area contributed by atoms with E-state index < -0.39 is 0 Å². The fourth-order valence-corrected chi connectivity index (χ4v) is 1.56. The Hall–Kier alpha value is -1.26. The van der Waals surface area contributed by atoms with Crippen molar-refractivity contribution in [3.63, 3.8) is 0 Å². The van der Waals surface area contributed by atoms with E-state index in [4.69, 9.17) is 9.47 Å². The average Bonchev–Trinajstić information content (AvgIpc) is 2.40. The second kappa shape index (κ2) is 6.61. The molecule has 18 heavy (non-hydrogen) atoms. The van der Waals surface area contributed by atoms with Crippen molar-refractivity contribution in [1.29, 1.82) is 0 Å². The topological polar surface area (TPSA) is 50.7 Å². The molecule has 0 fully saturated rings. The quantitative estimate of drug-likeness (QED) is 0.777. The smallest absolute Gasteiger partial charge is 0.161 e. The third-order valence-corrected chi connectivity index (χ3v) is 3.18. The van der Waals surface area contributed by atoms with Gasteiger partial charge >= 0.3 is 0 Å². The van der Waals surface area contributed by atoms with Crippen LogP contribution in [0.3, 0.4) is 0 Å². The number of likely N-dealkylation sites (N-methyl/N-ethyl adjacent to an activating group) is 1. The van der Waals surface area contributed by atoms with Gasteiger partial charge in [0.2, 0.25) is 0 Å². The second-order valence-corrected chi connectivity index (χ2v) is 4.72. The molecular formula is C14H23NO3. The van der Waals surface area contributed by atoms with Gasteiger partial charge in [0.1, 0.15) is 0 Å². The lowest BCUT2D eigenvalue weighted by molar-refractivity contribution is 0.150. The molecule has 0 aromatic heterocycles. The van der Waals surface area contributed by atoms with E-state index in [1.807, 2.05) is 39.1 Å². The molecule has 4 heteroatoms. The fourth-order valence-electron chi connectivity index (χ4n) is 1.56. The molecule has 0 saturated carbocycles. The van der Waals surface area contributed by atoms with Crippen molar-refractivity contribution in [2.45, 2.75) is 25.8 Å². The number of methoxy groups -OCH3 is 1. The highest BCUT2D eigenvalue weighted by Gasteiger charge is 2.20. The van der Waals surface area contributed by atoms with Crippen LogP contribution in [0.25, 0.3) is 0 Å². The number of ether oxygens (including phenoxy) is 2. The Kier molecular flexibility index (Phi) is 5.44. The summed E-state index contributed by atoms with van der Waals surface area (Å²) >= 11 is 0. The highest BCUT2D eigenvalue weighted by Crippen LogP contribution is 2.28. The van der Waals surface area contributed by atoms with Crippen molar-refractivity contribution in [3.8, 4) is 11.5 Å². The Morgan fingerprint density at radius 2 is 2.06 bits per heavy atom. The van der Waals surface area contributed by atoms with Crippen LogP contribution in [0.2, 0.25) is 0 Å². The van der Waals surface area contributed by atoms with Crippen LogP contribution in [-0.2, 0) is 0 Å². The molecule has 2 N–H and O–H groups in total. The first kappa shape index (κ1) is 14.8. The van der Waals surface area contributed by atoms with E-state index in [-0.39, 0.29) is 12.1 Å². The maximum Gasteiger partial charge on any atom is 0.161 e. The zero-order chi connectivity index (χ0) is 13.6. The van der Waals surface area contributed by atoms with E-state index >= 15 is 0 Å². The minimum absolute atomic E-state index is 0.0812. The van der Waals surface area contributed by atoms with Crippen LogP contribution in [0, 0.1) is 6.92 Å². The van der Waals surface area contributed by atoms with E-state index in [0.29, 0.717) is 6.61 Å². The normalized spacial score (nSPS) is 14.1. The van der Waals surface area contributed by atoms with Crippen LogP contribution in [0.15, 0.2) is 18.2 Å². The van der Waals surface area contributed by atoms with Crippen LogP contribution < -0.4 is 14.8 Å². The predicted octanol–water partition coefficient (Wildman–Crippen LogP) is 1.74. The number of nitrogens with one attached hydrogen (secondary N) is 1. The van der Waals surface area contributed by atoms with Crippen molar-refractivity contribution in [2.24, 2.45) is 0 Å². The molecule has 1 atom stereocenters. The molecule has 0 aliphatic heterocycles. The molecule has 0 radical (unpaired) electrons. The Bertz CT molecular complexity index is 375. The minimum atomic E-state index is -0.308. The monoisotopic (exact) mass is 253 g/mol. The number of hydrogen-bond donors (Lipinski definition) is 2. The molecule has 0 heterocycles. The molecule has 0 amide bonds. The Labute approximate surface area is 109 Å². The van der Waals surface area contributed by atoms with Gasteiger partial charge in [-0.3, -0.25) is 0 Å². The van der Waals surface area contributed by atoms with Crippen molar-refractivity contribution >= 4 is 0 Å². The second-order valence-electron chi connectivity index (χ2n) is 4.72. The number of benzene rings is 1. The molecule has 4 nitrogen and oxygen atoms in total. The van der Waals surface area contributed by atoms with E-state index in [2.05, 4.69) is 5.32 Å². The Balaban J connectivity index is 2.58. The highest BCUT2D eigenvalue weighted by molar-refractivity contribution is 5.42. The van der Waals surface area contributed by atoms with Crippen LogP contribution in [0.1, 0.15) is 18.9 Å². The zero-order valence-electron chi connectivity index (χ0n) is 11.6. The van der Waals surface area contributed by atoms with Gasteiger partial charge in [0.15, 0.2) is 11.5 Å². The molecule has 0 bridgehead atoms. The van der Waals surface area contributed by atoms with Crippen LogP contribution in [0.4, 0.5) is 0 Å². The molecule has 1 rings (SSSR count). The standard InChI is InChI=1S/C14H23NO3/c1-11-5-6-12(13(9-11)17-4)18-8-7-14(2,10-16)15-3/h5-6,9,15-16H,7-8,10H2,1-4H3. The minimum Gasteiger partial charge on any atom is -0.493 e. The van der Waals surface area contributed by atoms with Gasteiger partial charge in [-0.2, -0.15) is 0 Å². The lowest BCUT2D eigenvalue weighted by Crippen LogP contribution is -2.44. The largest absolute Gasteiger partial charge is 0.493 e. The third kappa shape index (κ3) is 3.89. The van der Waals surface area contributed by atoms with Gasteiger partial charge in [-0.1, -0.05) is 6.07 Å². The first-order valence-corrected chi connectivity index (χ1v) is 6.12. The Morgan fingerprint density at radius 3 is 2.61 bits per heavy atom. The van der Waals surface area contributed by atoms with Crippen molar-refractivity contribution < 1.29 is 14.6 Å². The molecule has 102 valence electrons. The molecule has 0 spiro atoms. The van der Waals surface area contributed by atoms with Gasteiger partial charge < -0.3 is 19.9 Å². The summed E-state index contributed by atoms with van der Waals surface area (Å²) in [4.78, 5) is 0. The first-order chi connectivity index (χ1) is 8.54. The van der Waals surface area contributed by atoms with Crippen molar-refractivity contribution in [1.82, 2.24) is 5.32 Å². The number of aliphatic hydroxyl groups excluding tert-OH is 1. The number of rotatable bonds is 7. The SMILES string of the molecule is CNC(C)(CO)CCOc1ccc(C)cc1OC. The lowest BCUT2D eigenvalue weighted by atomic mass is 10.0. The molecule has 0 saturated heterocycles. The molecular weight excluding hydrogens is 230 g/mol. The summed E-state index contributed by atoms with van der Waals surface area (Å²) in [5, 5.41) is 12.4. The van der Waals surface area contributed by atoms with Gasteiger partial charge in [-0.25, -0.2) is 0 Å². The number of aryl methyl sites for hydroxylation is 1. The van der Waals surface area contributed by atoms with Gasteiger partial charge in [0.05, 0.1) is 20.3 Å². The van der Waals surface area contributed by atoms with Gasteiger partial charge in [-0.05, 0) is 38.6 Å². The lowest BCUT2D eigenvalue weighted by Gasteiger charge is -2.26. The third-order valence-electron chi connectivity index (χ3n) is 3.18. The summed E-state index contributed by atoms with van der Waals surface area (Å²) in [7, 11) is 3.47. The molecule has 0 aliphatic rings. The molecule has 1 aromatic carbocycles. The fraction of sp³-hybridized carbons (Fsp3) is 0.571. The van der Waals surface area contributed by atoms with Gasteiger partial charge in [0, 0.05) is 12.0 Å².